The quantitative estimate of drug-likeness (QED) is 0.528. The normalized spacial score (nSPS) is 23.9. The van der Waals surface area contributed by atoms with Crippen molar-refractivity contribution in [2.24, 2.45) is 5.92 Å². The SMILES string of the molecule is CCN1C[C@@]2(C[C@@H]2COC)n2cc(C(=O)NCc3cccc(C(F)(F)F)c3F)c(=O)c(O)c2C1O. The predicted octanol–water partition coefficient (Wildman–Crippen LogP) is 2.33. The van der Waals surface area contributed by atoms with E-state index >= 15 is 0 Å². The van der Waals surface area contributed by atoms with Crippen LogP contribution in [0.4, 0.5) is 17.6 Å². The van der Waals surface area contributed by atoms with Gasteiger partial charge in [-0.3, -0.25) is 14.5 Å². The van der Waals surface area contributed by atoms with Gasteiger partial charge in [-0.05, 0) is 19.0 Å². The molecule has 1 aromatic heterocycles. The average Bonchev–Trinajstić information content (AvgIpc) is 3.49. The second-order valence-electron chi connectivity index (χ2n) is 8.83. The maximum Gasteiger partial charge on any atom is 0.419 e. The molecule has 0 bridgehead atoms. The minimum Gasteiger partial charge on any atom is -0.503 e. The number of alkyl halides is 3. The number of nitrogens with one attached hydrogen (secondary N) is 1. The summed E-state index contributed by atoms with van der Waals surface area (Å²) in [6.07, 6.45) is -4.33. The molecule has 4 rings (SSSR count). The van der Waals surface area contributed by atoms with Gasteiger partial charge in [-0.1, -0.05) is 19.1 Å². The lowest BCUT2D eigenvalue weighted by Crippen LogP contribution is -2.48. The van der Waals surface area contributed by atoms with Gasteiger partial charge in [0.15, 0.2) is 12.0 Å². The van der Waals surface area contributed by atoms with E-state index in [1.54, 1.807) is 4.90 Å². The summed E-state index contributed by atoms with van der Waals surface area (Å²) in [4.78, 5) is 27.4. The van der Waals surface area contributed by atoms with Gasteiger partial charge in [-0.2, -0.15) is 13.2 Å². The number of fused-ring (bicyclic) bond motifs is 2. The first-order valence-corrected chi connectivity index (χ1v) is 11.0. The van der Waals surface area contributed by atoms with Crippen LogP contribution < -0.4 is 10.7 Å². The maximum atomic E-state index is 14.3. The van der Waals surface area contributed by atoms with Gasteiger partial charge in [0.2, 0.25) is 5.43 Å². The number of amides is 1. The van der Waals surface area contributed by atoms with Gasteiger partial charge in [-0.15, -0.1) is 0 Å². The van der Waals surface area contributed by atoms with E-state index in [9.17, 15) is 37.4 Å². The fourth-order valence-corrected chi connectivity index (χ4v) is 4.84. The Hall–Kier alpha value is -2.96. The third-order valence-electron chi connectivity index (χ3n) is 6.81. The van der Waals surface area contributed by atoms with Crippen LogP contribution in [0.2, 0.25) is 0 Å². The monoisotopic (exact) mass is 499 g/mol. The second kappa shape index (κ2) is 8.92. The molecule has 8 nitrogen and oxygen atoms in total. The number of carbonyl (C=O) groups is 1. The molecule has 1 aromatic carbocycles. The molecule has 35 heavy (non-hydrogen) atoms. The first-order valence-electron chi connectivity index (χ1n) is 11.0. The second-order valence-corrected chi connectivity index (χ2v) is 8.83. The summed E-state index contributed by atoms with van der Waals surface area (Å²) >= 11 is 0. The molecule has 3 N–H and O–H groups in total. The zero-order valence-corrected chi connectivity index (χ0v) is 19.0. The van der Waals surface area contributed by atoms with Crippen molar-refractivity contribution in [2.75, 3.05) is 26.8 Å². The molecule has 1 unspecified atom stereocenters. The highest BCUT2D eigenvalue weighted by atomic mass is 19.4. The molecule has 1 amide bonds. The Kier molecular flexibility index (Phi) is 6.41. The van der Waals surface area contributed by atoms with Crippen molar-refractivity contribution in [3.8, 4) is 5.75 Å². The third-order valence-corrected chi connectivity index (χ3v) is 6.81. The van der Waals surface area contributed by atoms with E-state index in [1.807, 2.05) is 6.92 Å². The van der Waals surface area contributed by atoms with Crippen molar-refractivity contribution >= 4 is 5.91 Å². The van der Waals surface area contributed by atoms with Crippen molar-refractivity contribution in [3.63, 3.8) is 0 Å². The van der Waals surface area contributed by atoms with Gasteiger partial charge in [0.1, 0.15) is 17.1 Å². The molecule has 2 heterocycles. The average molecular weight is 499 g/mol. The van der Waals surface area contributed by atoms with Crippen molar-refractivity contribution in [2.45, 2.75) is 37.8 Å². The number of hydrogen-bond acceptors (Lipinski definition) is 6. The fraction of sp³-hybridized carbons (Fsp3) is 0.478. The highest BCUT2D eigenvalue weighted by molar-refractivity contribution is 5.94. The standard InChI is InChI=1S/C23H25F4N3O5/c1-3-29-11-22(7-13(22)10-35-2)30-9-14(18(31)19(32)17(30)21(29)34)20(33)28-8-12-5-4-6-15(16(12)24)23(25,26)27/h4-6,9,13,21,32,34H,3,7-8,10-11H2,1-2H3,(H,28,33)/t13-,21?,22-/m1/s1. The van der Waals surface area contributed by atoms with E-state index in [-0.39, 0.29) is 11.6 Å². The molecule has 1 fully saturated rings. The van der Waals surface area contributed by atoms with E-state index in [0.29, 0.717) is 32.2 Å². The lowest BCUT2D eigenvalue weighted by atomic mass is 10.0. The summed E-state index contributed by atoms with van der Waals surface area (Å²) in [5, 5.41) is 23.7. The number of likely N-dealkylation sites (N-methyl/N-ethyl adjacent to an activating group) is 1. The van der Waals surface area contributed by atoms with Crippen LogP contribution in [0.1, 0.15) is 46.8 Å². The zero-order valence-electron chi connectivity index (χ0n) is 19.0. The molecular formula is C23H25F4N3O5. The van der Waals surface area contributed by atoms with E-state index in [1.165, 1.54) is 17.9 Å². The number of aliphatic hydroxyl groups excluding tert-OH is 1. The van der Waals surface area contributed by atoms with Gasteiger partial charge in [0, 0.05) is 37.9 Å². The molecule has 3 atom stereocenters. The number of hydrogen-bond donors (Lipinski definition) is 3. The minimum absolute atomic E-state index is 0.00446. The van der Waals surface area contributed by atoms with E-state index in [2.05, 4.69) is 5.32 Å². The highest BCUT2D eigenvalue weighted by Gasteiger charge is 2.60. The molecule has 12 heteroatoms. The number of benzene rings is 1. The number of ether oxygens (including phenoxy) is 1. The Morgan fingerprint density at radius 2 is 2.06 bits per heavy atom. The van der Waals surface area contributed by atoms with Crippen LogP contribution >= 0.6 is 0 Å². The summed E-state index contributed by atoms with van der Waals surface area (Å²) < 4.78 is 60.0. The summed E-state index contributed by atoms with van der Waals surface area (Å²) in [5.74, 6) is -3.31. The van der Waals surface area contributed by atoms with Gasteiger partial charge in [0.25, 0.3) is 5.91 Å². The highest BCUT2D eigenvalue weighted by Crippen LogP contribution is 2.55. The molecule has 1 saturated carbocycles. The van der Waals surface area contributed by atoms with Crippen LogP contribution in [0, 0.1) is 11.7 Å². The first-order chi connectivity index (χ1) is 16.5. The fourth-order valence-electron chi connectivity index (χ4n) is 4.84. The number of nitrogens with zero attached hydrogens (tertiary/aromatic N) is 2. The number of aromatic nitrogens is 1. The molecule has 0 radical (unpaired) electrons. The van der Waals surface area contributed by atoms with E-state index in [4.69, 9.17) is 4.74 Å². The minimum atomic E-state index is -4.91. The van der Waals surface area contributed by atoms with Gasteiger partial charge in [-0.25, -0.2) is 4.39 Å². The lowest BCUT2D eigenvalue weighted by molar-refractivity contribution is -0.140. The van der Waals surface area contributed by atoms with Crippen molar-refractivity contribution < 1.29 is 37.3 Å². The smallest absolute Gasteiger partial charge is 0.419 e. The largest absolute Gasteiger partial charge is 0.503 e. The van der Waals surface area contributed by atoms with Crippen molar-refractivity contribution in [1.82, 2.24) is 14.8 Å². The zero-order chi connectivity index (χ0) is 25.7. The molecule has 0 saturated heterocycles. The third kappa shape index (κ3) is 4.19. The Bertz CT molecular complexity index is 1210. The molecular weight excluding hydrogens is 474 g/mol. The number of pyridine rings is 1. The van der Waals surface area contributed by atoms with Crippen LogP contribution in [0.3, 0.4) is 0 Å². The number of methoxy groups -OCH3 is 1. The summed E-state index contributed by atoms with van der Waals surface area (Å²) in [6, 6.07) is 2.69. The Morgan fingerprint density at radius 3 is 2.69 bits per heavy atom. The Labute approximate surface area is 197 Å². The first kappa shape index (κ1) is 25.1. The summed E-state index contributed by atoms with van der Waals surface area (Å²) in [5.41, 5.74) is -4.06. The van der Waals surface area contributed by atoms with E-state index in [0.717, 1.165) is 12.1 Å². The molecule has 2 aliphatic rings. The molecule has 1 aliphatic carbocycles. The number of rotatable bonds is 6. The topological polar surface area (TPSA) is 104 Å². The van der Waals surface area contributed by atoms with Crippen molar-refractivity contribution in [1.29, 1.82) is 0 Å². The molecule has 1 spiro atoms. The van der Waals surface area contributed by atoms with Crippen LogP contribution in [0.15, 0.2) is 29.2 Å². The van der Waals surface area contributed by atoms with Crippen LogP contribution in [-0.4, -0.2) is 52.4 Å². The van der Waals surface area contributed by atoms with E-state index < -0.39 is 64.1 Å². The number of aliphatic hydroxyl groups is 1. The number of carbonyl (C=O) groups excluding carboxylic acids is 1. The van der Waals surface area contributed by atoms with Crippen LogP contribution in [-0.2, 0) is 23.0 Å². The van der Waals surface area contributed by atoms with Crippen LogP contribution in [0.5, 0.6) is 5.75 Å². The van der Waals surface area contributed by atoms with Gasteiger partial charge in [0.05, 0.1) is 17.7 Å². The van der Waals surface area contributed by atoms with Crippen LogP contribution in [0.25, 0.3) is 0 Å². The van der Waals surface area contributed by atoms with Crippen molar-refractivity contribution in [3.05, 3.63) is 62.8 Å². The number of halogens is 4. The maximum absolute atomic E-state index is 14.3. The number of aromatic hydroxyl groups is 1. The lowest BCUT2D eigenvalue weighted by Gasteiger charge is -2.41. The summed E-state index contributed by atoms with van der Waals surface area (Å²) in [7, 11) is 1.54. The Morgan fingerprint density at radius 1 is 1.34 bits per heavy atom. The predicted molar refractivity (Wildman–Crippen MR) is 115 cm³/mol. The Balaban J connectivity index is 1.68. The van der Waals surface area contributed by atoms with Gasteiger partial charge < -0.3 is 24.8 Å². The summed E-state index contributed by atoms with van der Waals surface area (Å²) in [6.45, 7) is 2.44. The molecule has 1 aliphatic heterocycles. The molecule has 190 valence electrons. The molecule has 2 aromatic rings. The van der Waals surface area contributed by atoms with Gasteiger partial charge >= 0.3 is 6.18 Å².